The average Bonchev–Trinajstić information content (AvgIpc) is 2.23. The van der Waals surface area contributed by atoms with Gasteiger partial charge < -0.3 is 10.5 Å². The molecule has 0 unspecified atom stereocenters. The van der Waals surface area contributed by atoms with Crippen LogP contribution in [0.15, 0.2) is 24.3 Å². The third-order valence-corrected chi connectivity index (χ3v) is 1.96. The lowest BCUT2D eigenvalue weighted by atomic mass is 10.3. The van der Waals surface area contributed by atoms with Crippen molar-refractivity contribution in [2.75, 3.05) is 5.73 Å². The van der Waals surface area contributed by atoms with Crippen molar-refractivity contribution < 1.29 is 13.5 Å². The molecule has 2 aromatic rings. The fourth-order valence-electron chi connectivity index (χ4n) is 1.29. The summed E-state index contributed by atoms with van der Waals surface area (Å²) in [6.07, 6.45) is 0. The van der Waals surface area contributed by atoms with Gasteiger partial charge in [-0.25, -0.2) is 9.37 Å². The first-order chi connectivity index (χ1) is 8.06. The van der Waals surface area contributed by atoms with Crippen LogP contribution in [0, 0.1) is 18.6 Å². The molecule has 0 aliphatic rings. The highest BCUT2D eigenvalue weighted by atomic mass is 19.2. The van der Waals surface area contributed by atoms with Gasteiger partial charge in [0.2, 0.25) is 11.7 Å². The van der Waals surface area contributed by atoms with Crippen LogP contribution in [0.2, 0.25) is 0 Å². The van der Waals surface area contributed by atoms with Gasteiger partial charge in [0.25, 0.3) is 0 Å². The smallest absolute Gasteiger partial charge is 0.224 e. The van der Waals surface area contributed by atoms with E-state index in [0.29, 0.717) is 5.82 Å². The number of halogens is 2. The highest BCUT2D eigenvalue weighted by Crippen LogP contribution is 2.25. The molecule has 0 atom stereocenters. The van der Waals surface area contributed by atoms with E-state index in [1.165, 1.54) is 18.2 Å². The van der Waals surface area contributed by atoms with Crippen molar-refractivity contribution in [1.82, 2.24) is 9.97 Å². The predicted octanol–water partition coefficient (Wildman–Crippen LogP) is 2.44. The maximum absolute atomic E-state index is 13.3. The summed E-state index contributed by atoms with van der Waals surface area (Å²) in [4.78, 5) is 7.73. The summed E-state index contributed by atoms with van der Waals surface area (Å²) in [6, 6.07) is 4.97. The van der Waals surface area contributed by atoms with Crippen LogP contribution in [-0.2, 0) is 0 Å². The molecule has 0 spiro atoms. The second-order valence-electron chi connectivity index (χ2n) is 3.33. The van der Waals surface area contributed by atoms with Crippen LogP contribution in [0.25, 0.3) is 0 Å². The first-order valence-corrected chi connectivity index (χ1v) is 4.79. The topological polar surface area (TPSA) is 61.0 Å². The van der Waals surface area contributed by atoms with Gasteiger partial charge in [-0.2, -0.15) is 9.37 Å². The molecule has 4 nitrogen and oxygen atoms in total. The molecule has 0 bridgehead atoms. The zero-order chi connectivity index (χ0) is 12.4. The normalized spacial score (nSPS) is 10.3. The molecule has 17 heavy (non-hydrogen) atoms. The summed E-state index contributed by atoms with van der Waals surface area (Å²) >= 11 is 0. The molecule has 2 rings (SSSR count). The Morgan fingerprint density at radius 1 is 1.24 bits per heavy atom. The fourth-order valence-corrected chi connectivity index (χ4v) is 1.29. The minimum atomic E-state index is -1.07. The molecule has 1 aromatic carbocycles. The van der Waals surface area contributed by atoms with Crippen LogP contribution in [0.1, 0.15) is 5.82 Å². The average molecular weight is 237 g/mol. The van der Waals surface area contributed by atoms with E-state index in [4.69, 9.17) is 10.5 Å². The summed E-state index contributed by atoms with van der Waals surface area (Å²) < 4.78 is 31.3. The largest absolute Gasteiger partial charge is 0.436 e. The molecule has 0 radical (unpaired) electrons. The van der Waals surface area contributed by atoms with Crippen molar-refractivity contribution in [1.29, 1.82) is 0 Å². The molecule has 0 fully saturated rings. The number of aromatic nitrogens is 2. The van der Waals surface area contributed by atoms with E-state index in [1.807, 2.05) is 0 Å². The molecule has 1 heterocycles. The fraction of sp³-hybridized carbons (Fsp3) is 0.0909. The Hall–Kier alpha value is -2.24. The molecule has 0 amide bonds. The van der Waals surface area contributed by atoms with Gasteiger partial charge in [0, 0.05) is 6.07 Å². The van der Waals surface area contributed by atoms with Crippen LogP contribution < -0.4 is 10.5 Å². The Bertz CT molecular complexity index is 540. The molecular formula is C11H9F2N3O. The third kappa shape index (κ3) is 2.47. The summed E-state index contributed by atoms with van der Waals surface area (Å²) in [5.74, 6) is -1.65. The molecule has 88 valence electrons. The lowest BCUT2D eigenvalue weighted by molar-refractivity contribution is 0.404. The molecule has 6 heteroatoms. The number of rotatable bonds is 2. The minimum Gasteiger partial charge on any atom is -0.436 e. The van der Waals surface area contributed by atoms with E-state index in [-0.39, 0.29) is 17.4 Å². The maximum Gasteiger partial charge on any atom is 0.224 e. The standard InChI is InChI=1S/C11H9F2N3O/c1-6-15-9(14)5-10(16-6)17-8-4-2-3-7(12)11(8)13/h2-5H,1H3,(H2,14,15,16). The number of aryl methyl sites for hydroxylation is 1. The van der Waals surface area contributed by atoms with Gasteiger partial charge in [0.05, 0.1) is 0 Å². The molecule has 0 saturated heterocycles. The maximum atomic E-state index is 13.3. The Morgan fingerprint density at radius 3 is 2.71 bits per heavy atom. The van der Waals surface area contributed by atoms with Gasteiger partial charge in [-0.3, -0.25) is 0 Å². The zero-order valence-electron chi connectivity index (χ0n) is 8.95. The molecular weight excluding hydrogens is 228 g/mol. The van der Waals surface area contributed by atoms with Crippen LogP contribution in [0.5, 0.6) is 11.6 Å². The van der Waals surface area contributed by atoms with E-state index in [9.17, 15) is 8.78 Å². The minimum absolute atomic E-state index is 0.0690. The monoisotopic (exact) mass is 237 g/mol. The van der Waals surface area contributed by atoms with E-state index in [1.54, 1.807) is 6.92 Å². The third-order valence-electron chi connectivity index (χ3n) is 1.96. The lowest BCUT2D eigenvalue weighted by Gasteiger charge is -2.07. The van der Waals surface area contributed by atoms with E-state index >= 15 is 0 Å². The van der Waals surface area contributed by atoms with E-state index in [0.717, 1.165) is 6.07 Å². The Kier molecular flexibility index (Phi) is 2.86. The van der Waals surface area contributed by atoms with Crippen molar-refractivity contribution >= 4 is 5.82 Å². The number of benzene rings is 1. The molecule has 0 saturated carbocycles. The van der Waals surface area contributed by atoms with Crippen LogP contribution in [0.4, 0.5) is 14.6 Å². The zero-order valence-corrected chi connectivity index (χ0v) is 8.95. The quantitative estimate of drug-likeness (QED) is 0.871. The van der Waals surface area contributed by atoms with Crippen molar-refractivity contribution in [3.63, 3.8) is 0 Å². The molecule has 1 aromatic heterocycles. The van der Waals surface area contributed by atoms with Crippen LogP contribution in [0.3, 0.4) is 0 Å². The summed E-state index contributed by atoms with van der Waals surface area (Å²) in [7, 11) is 0. The number of anilines is 1. The van der Waals surface area contributed by atoms with Gasteiger partial charge >= 0.3 is 0 Å². The van der Waals surface area contributed by atoms with Crippen molar-refractivity contribution in [3.05, 3.63) is 41.7 Å². The Labute approximate surface area is 96.1 Å². The first kappa shape index (κ1) is 11.3. The van der Waals surface area contributed by atoms with Crippen LogP contribution >= 0.6 is 0 Å². The van der Waals surface area contributed by atoms with Gasteiger partial charge in [0.15, 0.2) is 11.6 Å². The van der Waals surface area contributed by atoms with Crippen molar-refractivity contribution in [2.24, 2.45) is 0 Å². The number of hydrogen-bond acceptors (Lipinski definition) is 4. The number of hydrogen-bond donors (Lipinski definition) is 1. The van der Waals surface area contributed by atoms with Gasteiger partial charge in [-0.1, -0.05) is 6.07 Å². The predicted molar refractivity (Wildman–Crippen MR) is 57.6 cm³/mol. The molecule has 0 aliphatic heterocycles. The Morgan fingerprint density at radius 2 is 2.00 bits per heavy atom. The Balaban J connectivity index is 2.34. The first-order valence-electron chi connectivity index (χ1n) is 4.79. The lowest BCUT2D eigenvalue weighted by Crippen LogP contribution is -1.99. The second kappa shape index (κ2) is 4.32. The van der Waals surface area contributed by atoms with Gasteiger partial charge in [0.1, 0.15) is 11.6 Å². The van der Waals surface area contributed by atoms with E-state index in [2.05, 4.69) is 9.97 Å². The molecule has 2 N–H and O–H groups in total. The number of nitrogens with zero attached hydrogens (tertiary/aromatic N) is 2. The summed E-state index contributed by atoms with van der Waals surface area (Å²) in [5, 5.41) is 0. The SMILES string of the molecule is Cc1nc(N)cc(Oc2cccc(F)c2F)n1. The van der Waals surface area contributed by atoms with Crippen LogP contribution in [-0.4, -0.2) is 9.97 Å². The van der Waals surface area contributed by atoms with Gasteiger partial charge in [-0.15, -0.1) is 0 Å². The van der Waals surface area contributed by atoms with Crippen molar-refractivity contribution in [3.8, 4) is 11.6 Å². The number of ether oxygens (including phenoxy) is 1. The highest BCUT2D eigenvalue weighted by Gasteiger charge is 2.10. The highest BCUT2D eigenvalue weighted by molar-refractivity contribution is 5.36. The van der Waals surface area contributed by atoms with E-state index < -0.39 is 11.6 Å². The number of nitrogen functional groups attached to an aromatic ring is 1. The molecule has 0 aliphatic carbocycles. The summed E-state index contributed by atoms with van der Waals surface area (Å²) in [6.45, 7) is 1.62. The number of nitrogens with two attached hydrogens (primary N) is 1. The summed E-state index contributed by atoms with van der Waals surface area (Å²) in [5.41, 5.74) is 5.48. The second-order valence-corrected chi connectivity index (χ2v) is 3.33. The van der Waals surface area contributed by atoms with Crippen molar-refractivity contribution in [2.45, 2.75) is 6.92 Å². The van der Waals surface area contributed by atoms with Gasteiger partial charge in [-0.05, 0) is 19.1 Å².